The third kappa shape index (κ3) is 4.66. The van der Waals surface area contributed by atoms with Crippen molar-refractivity contribution in [2.24, 2.45) is 0 Å². The van der Waals surface area contributed by atoms with E-state index in [2.05, 4.69) is 20.9 Å². The van der Waals surface area contributed by atoms with Gasteiger partial charge in [-0.2, -0.15) is 0 Å². The van der Waals surface area contributed by atoms with Gasteiger partial charge in [0.05, 0.1) is 0 Å². The molecule has 2 saturated heterocycles. The number of likely N-dealkylation sites (tertiary alicyclic amines) is 1. The van der Waals surface area contributed by atoms with Gasteiger partial charge in [0.25, 0.3) is 0 Å². The molecule has 6 nitrogen and oxygen atoms in total. The van der Waals surface area contributed by atoms with Crippen molar-refractivity contribution < 1.29 is 9.59 Å². The molecular weight excluding hydrogens is 324 g/mol. The van der Waals surface area contributed by atoms with Crippen molar-refractivity contribution in [2.75, 3.05) is 13.1 Å². The van der Waals surface area contributed by atoms with Crippen LogP contribution in [0.4, 0.5) is 0 Å². The Morgan fingerprint density at radius 3 is 2.88 bits per heavy atom. The van der Waals surface area contributed by atoms with Crippen molar-refractivity contribution in [3.63, 3.8) is 0 Å². The van der Waals surface area contributed by atoms with Gasteiger partial charge in [-0.3, -0.25) is 19.8 Å². The third-order valence-electron chi connectivity index (χ3n) is 4.41. The molecule has 2 atom stereocenters. The van der Waals surface area contributed by atoms with Gasteiger partial charge in [0.2, 0.25) is 11.8 Å². The highest BCUT2D eigenvalue weighted by atomic mass is 32.1. The minimum atomic E-state index is -0.0865. The Bertz CT molecular complexity index is 594. The van der Waals surface area contributed by atoms with Crippen LogP contribution in [0.1, 0.15) is 31.1 Å². The fraction of sp³-hybridized carbons (Fsp3) is 0.529. The summed E-state index contributed by atoms with van der Waals surface area (Å²) in [6, 6.07) is 4.35. The molecule has 3 rings (SSSR count). The molecule has 3 heterocycles. The predicted octanol–water partition coefficient (Wildman–Crippen LogP) is 1.12. The Hall–Kier alpha value is -1.70. The second-order valence-electron chi connectivity index (χ2n) is 6.41. The van der Waals surface area contributed by atoms with Gasteiger partial charge >= 0.3 is 0 Å². The van der Waals surface area contributed by atoms with Gasteiger partial charge in [-0.25, -0.2) is 0 Å². The van der Waals surface area contributed by atoms with Gasteiger partial charge in [0.15, 0.2) is 0 Å². The van der Waals surface area contributed by atoms with E-state index in [1.807, 2.05) is 30.5 Å². The summed E-state index contributed by atoms with van der Waals surface area (Å²) in [6.45, 7) is 3.73. The highest BCUT2D eigenvalue weighted by Gasteiger charge is 2.30. The van der Waals surface area contributed by atoms with Crippen molar-refractivity contribution in [3.05, 3.63) is 28.5 Å². The van der Waals surface area contributed by atoms with E-state index in [-0.39, 0.29) is 30.2 Å². The Balaban J connectivity index is 1.43. The summed E-state index contributed by atoms with van der Waals surface area (Å²) in [5.74, 6) is 0.0555. The summed E-state index contributed by atoms with van der Waals surface area (Å²) >= 11 is 1.61. The first-order valence-corrected chi connectivity index (χ1v) is 9.29. The fourth-order valence-corrected chi connectivity index (χ4v) is 3.77. The maximum atomic E-state index is 12.0. The molecule has 2 aliphatic rings. The minimum absolute atomic E-state index is 0.0421. The van der Waals surface area contributed by atoms with E-state index in [4.69, 9.17) is 0 Å². The predicted molar refractivity (Wildman–Crippen MR) is 95.2 cm³/mol. The van der Waals surface area contributed by atoms with Gasteiger partial charge in [-0.15, -0.1) is 11.3 Å². The molecule has 1 aromatic rings. The largest absolute Gasteiger partial charge is 0.350 e. The van der Waals surface area contributed by atoms with Gasteiger partial charge in [-0.05, 0) is 37.3 Å². The summed E-state index contributed by atoms with van der Waals surface area (Å²) in [5, 5.41) is 11.5. The average molecular weight is 348 g/mol. The molecule has 2 fully saturated rings. The summed E-state index contributed by atoms with van der Waals surface area (Å²) in [5.41, 5.74) is 0. The van der Waals surface area contributed by atoms with Gasteiger partial charge < -0.3 is 10.6 Å². The van der Waals surface area contributed by atoms with Crippen LogP contribution in [0.3, 0.4) is 0 Å². The van der Waals surface area contributed by atoms with Crippen LogP contribution < -0.4 is 16.0 Å². The first-order valence-electron chi connectivity index (χ1n) is 8.42. The molecule has 0 radical (unpaired) electrons. The van der Waals surface area contributed by atoms with Gasteiger partial charge in [-0.1, -0.05) is 6.07 Å². The van der Waals surface area contributed by atoms with E-state index in [0.717, 1.165) is 30.8 Å². The van der Waals surface area contributed by atoms with Crippen LogP contribution >= 0.6 is 11.3 Å². The standard InChI is InChI=1S/C17H24N4O2S/c1-12-11-16(23)20-17(18-12)21-8-6-13(7-9-21)19-15(22)5-4-14-3-2-10-24-14/h2-5,10,12-13,17-18H,6-9,11H2,1H3,(H,19,22)(H,20,23)/b5-4+. The second-order valence-corrected chi connectivity index (χ2v) is 7.39. The molecule has 24 heavy (non-hydrogen) atoms. The number of carbonyl (C=O) groups is 2. The number of piperidine rings is 1. The van der Waals surface area contributed by atoms with Crippen molar-refractivity contribution in [1.82, 2.24) is 20.9 Å². The molecule has 2 unspecified atom stereocenters. The quantitative estimate of drug-likeness (QED) is 0.713. The smallest absolute Gasteiger partial charge is 0.244 e. The third-order valence-corrected chi connectivity index (χ3v) is 5.25. The van der Waals surface area contributed by atoms with Crippen LogP contribution in [0.25, 0.3) is 6.08 Å². The number of amides is 2. The zero-order valence-electron chi connectivity index (χ0n) is 13.8. The molecule has 0 aliphatic carbocycles. The van der Waals surface area contributed by atoms with Crippen molar-refractivity contribution in [2.45, 2.75) is 44.6 Å². The first kappa shape index (κ1) is 17.1. The number of nitrogens with one attached hydrogen (secondary N) is 3. The highest BCUT2D eigenvalue weighted by Crippen LogP contribution is 2.14. The maximum absolute atomic E-state index is 12.0. The van der Waals surface area contributed by atoms with Crippen molar-refractivity contribution in [1.29, 1.82) is 0 Å². The monoisotopic (exact) mass is 348 g/mol. The van der Waals surface area contributed by atoms with Crippen LogP contribution in [-0.2, 0) is 9.59 Å². The molecule has 3 N–H and O–H groups in total. The van der Waals surface area contributed by atoms with Crippen molar-refractivity contribution in [3.8, 4) is 0 Å². The first-order chi connectivity index (χ1) is 11.6. The SMILES string of the molecule is CC1CC(=O)NC(N2CCC(NC(=O)/C=C/c3cccs3)CC2)N1. The van der Waals surface area contributed by atoms with Crippen LogP contribution in [0.2, 0.25) is 0 Å². The number of nitrogens with zero attached hydrogens (tertiary/aromatic N) is 1. The van der Waals surface area contributed by atoms with E-state index >= 15 is 0 Å². The number of rotatable bonds is 4. The average Bonchev–Trinajstić information content (AvgIpc) is 3.06. The maximum Gasteiger partial charge on any atom is 0.244 e. The van der Waals surface area contributed by atoms with Gasteiger partial charge in [0, 0.05) is 42.5 Å². The molecule has 7 heteroatoms. The van der Waals surface area contributed by atoms with E-state index in [1.165, 1.54) is 0 Å². The Labute approximate surface area is 146 Å². The molecule has 0 bridgehead atoms. The number of hydrogen-bond donors (Lipinski definition) is 3. The molecule has 2 aliphatic heterocycles. The molecule has 0 saturated carbocycles. The summed E-state index contributed by atoms with van der Waals surface area (Å²) < 4.78 is 0. The number of thiophene rings is 1. The molecule has 2 amide bonds. The van der Waals surface area contributed by atoms with Crippen LogP contribution in [0.15, 0.2) is 23.6 Å². The van der Waals surface area contributed by atoms with E-state index in [9.17, 15) is 9.59 Å². The van der Waals surface area contributed by atoms with E-state index in [1.54, 1.807) is 17.4 Å². The lowest BCUT2D eigenvalue weighted by Gasteiger charge is -2.41. The van der Waals surface area contributed by atoms with Crippen LogP contribution in [0.5, 0.6) is 0 Å². The minimum Gasteiger partial charge on any atom is -0.350 e. The van der Waals surface area contributed by atoms with Crippen molar-refractivity contribution >= 4 is 29.2 Å². The summed E-state index contributed by atoms with van der Waals surface area (Å²) in [6.07, 6.45) is 5.67. The van der Waals surface area contributed by atoms with Crippen LogP contribution in [0, 0.1) is 0 Å². The molecule has 1 aromatic heterocycles. The fourth-order valence-electron chi connectivity index (χ4n) is 3.15. The Kier molecular flexibility index (Phi) is 5.65. The lowest BCUT2D eigenvalue weighted by atomic mass is 10.0. The summed E-state index contributed by atoms with van der Waals surface area (Å²) in [4.78, 5) is 27.0. The zero-order valence-corrected chi connectivity index (χ0v) is 14.6. The Morgan fingerprint density at radius 1 is 1.42 bits per heavy atom. The lowest BCUT2D eigenvalue weighted by molar-refractivity contribution is -0.127. The highest BCUT2D eigenvalue weighted by molar-refractivity contribution is 7.10. The van der Waals surface area contributed by atoms with E-state index in [0.29, 0.717) is 6.42 Å². The lowest BCUT2D eigenvalue weighted by Crippen LogP contribution is -2.65. The topological polar surface area (TPSA) is 73.5 Å². The molecule has 130 valence electrons. The van der Waals surface area contributed by atoms with E-state index < -0.39 is 0 Å². The number of hydrogen-bond acceptors (Lipinski definition) is 5. The Morgan fingerprint density at radius 2 is 2.21 bits per heavy atom. The second kappa shape index (κ2) is 7.92. The van der Waals surface area contributed by atoms with Crippen LogP contribution in [-0.4, -0.2) is 48.2 Å². The molecular formula is C17H24N4O2S. The number of carbonyl (C=O) groups excluding carboxylic acids is 2. The normalized spacial score (nSPS) is 26.5. The molecule has 0 aromatic carbocycles. The zero-order chi connectivity index (χ0) is 16.9. The summed E-state index contributed by atoms with van der Waals surface area (Å²) in [7, 11) is 0. The molecule has 0 spiro atoms. The van der Waals surface area contributed by atoms with Gasteiger partial charge in [0.1, 0.15) is 6.29 Å².